The molecule has 0 unspecified atom stereocenters. The first-order chi connectivity index (χ1) is 11.6. The summed E-state index contributed by atoms with van der Waals surface area (Å²) >= 11 is 0.998. The Morgan fingerprint density at radius 3 is 2.67 bits per heavy atom. The molecule has 1 aromatic rings. The molecule has 0 spiro atoms. The molecule has 0 aromatic heterocycles. The Kier molecular flexibility index (Phi) is 5.14. The molecule has 3 rings (SSSR count). The molecule has 0 radical (unpaired) electrons. The smallest absolute Gasteiger partial charge is 0.293 e. The van der Waals surface area contributed by atoms with Crippen LogP contribution in [0.2, 0.25) is 0 Å². The van der Waals surface area contributed by atoms with Crippen LogP contribution in [-0.4, -0.2) is 42.8 Å². The lowest BCUT2D eigenvalue weighted by Crippen LogP contribution is -2.28. The molecule has 1 aromatic carbocycles. The predicted molar refractivity (Wildman–Crippen MR) is 97.4 cm³/mol. The van der Waals surface area contributed by atoms with E-state index in [0.29, 0.717) is 11.4 Å². The molecule has 2 saturated heterocycles. The summed E-state index contributed by atoms with van der Waals surface area (Å²) in [7, 11) is 1.63. The van der Waals surface area contributed by atoms with Crippen LogP contribution in [0.3, 0.4) is 0 Å². The molecular formula is C18H22N2O3S. The Morgan fingerprint density at radius 2 is 2.00 bits per heavy atom. The van der Waals surface area contributed by atoms with Crippen molar-refractivity contribution < 1.29 is 14.3 Å². The number of anilines is 1. The van der Waals surface area contributed by atoms with Crippen molar-refractivity contribution in [3.63, 3.8) is 0 Å². The van der Waals surface area contributed by atoms with Crippen LogP contribution in [0.1, 0.15) is 31.7 Å². The number of methoxy groups -OCH3 is 1. The summed E-state index contributed by atoms with van der Waals surface area (Å²) in [6.45, 7) is 4.55. The lowest BCUT2D eigenvalue weighted by molar-refractivity contribution is -0.122. The van der Waals surface area contributed by atoms with Crippen LogP contribution in [0.5, 0.6) is 5.75 Å². The molecule has 2 aliphatic heterocycles. The molecule has 2 fully saturated rings. The summed E-state index contributed by atoms with van der Waals surface area (Å²) in [5.41, 5.74) is 1.96. The van der Waals surface area contributed by atoms with E-state index >= 15 is 0 Å². The molecule has 24 heavy (non-hydrogen) atoms. The van der Waals surface area contributed by atoms with Gasteiger partial charge < -0.3 is 9.64 Å². The number of benzene rings is 1. The van der Waals surface area contributed by atoms with Crippen LogP contribution in [0, 0.1) is 0 Å². The number of rotatable bonds is 5. The average Bonchev–Trinajstić information content (AvgIpc) is 3.20. The van der Waals surface area contributed by atoms with Crippen LogP contribution in [0.25, 0.3) is 6.08 Å². The van der Waals surface area contributed by atoms with E-state index in [1.807, 2.05) is 19.1 Å². The number of nitrogens with zero attached hydrogens (tertiary/aromatic N) is 2. The van der Waals surface area contributed by atoms with Crippen molar-refractivity contribution in [1.29, 1.82) is 0 Å². The van der Waals surface area contributed by atoms with E-state index in [1.165, 1.54) is 17.7 Å². The quantitative estimate of drug-likeness (QED) is 0.760. The second-order valence-electron chi connectivity index (χ2n) is 5.95. The first-order valence-corrected chi connectivity index (χ1v) is 9.14. The third-order valence-electron chi connectivity index (χ3n) is 4.30. The molecule has 0 bridgehead atoms. The SMILES string of the molecule is CCCN1C(=O)S/C(=C/c2ccc(N3CCCC3)cc2OC)C1=O. The van der Waals surface area contributed by atoms with E-state index in [4.69, 9.17) is 4.74 Å². The van der Waals surface area contributed by atoms with Gasteiger partial charge in [0.2, 0.25) is 0 Å². The van der Waals surface area contributed by atoms with Crippen LogP contribution < -0.4 is 9.64 Å². The van der Waals surface area contributed by atoms with E-state index < -0.39 is 0 Å². The van der Waals surface area contributed by atoms with Crippen molar-refractivity contribution in [1.82, 2.24) is 4.90 Å². The molecule has 0 atom stereocenters. The zero-order valence-corrected chi connectivity index (χ0v) is 14.9. The maximum atomic E-state index is 12.4. The van der Waals surface area contributed by atoms with Gasteiger partial charge in [0.15, 0.2) is 0 Å². The first kappa shape index (κ1) is 16.9. The van der Waals surface area contributed by atoms with Gasteiger partial charge in [-0.3, -0.25) is 14.5 Å². The molecule has 128 valence electrons. The van der Waals surface area contributed by atoms with Gasteiger partial charge in [0, 0.05) is 37.0 Å². The highest BCUT2D eigenvalue weighted by Crippen LogP contribution is 2.35. The van der Waals surface area contributed by atoms with Crippen LogP contribution >= 0.6 is 11.8 Å². The third-order valence-corrected chi connectivity index (χ3v) is 5.20. The Labute approximate surface area is 146 Å². The number of carbonyl (C=O) groups excluding carboxylic acids is 2. The van der Waals surface area contributed by atoms with Gasteiger partial charge in [0.05, 0.1) is 12.0 Å². The monoisotopic (exact) mass is 346 g/mol. The average molecular weight is 346 g/mol. The first-order valence-electron chi connectivity index (χ1n) is 8.32. The normalized spacial score (nSPS) is 19.7. The highest BCUT2D eigenvalue weighted by atomic mass is 32.2. The molecule has 2 heterocycles. The molecule has 0 aliphatic carbocycles. The van der Waals surface area contributed by atoms with E-state index in [1.54, 1.807) is 13.2 Å². The summed E-state index contributed by atoms with van der Waals surface area (Å²) in [6.07, 6.45) is 4.95. The minimum Gasteiger partial charge on any atom is -0.496 e. The summed E-state index contributed by atoms with van der Waals surface area (Å²) in [5, 5.41) is -0.194. The minimum atomic E-state index is -0.211. The second-order valence-corrected chi connectivity index (χ2v) is 6.95. The van der Waals surface area contributed by atoms with Crippen molar-refractivity contribution in [3.8, 4) is 5.75 Å². The molecule has 5 nitrogen and oxygen atoms in total. The molecule has 0 saturated carbocycles. The zero-order valence-electron chi connectivity index (χ0n) is 14.1. The minimum absolute atomic E-state index is 0.194. The summed E-state index contributed by atoms with van der Waals surface area (Å²) in [5.74, 6) is 0.513. The van der Waals surface area contributed by atoms with Crippen LogP contribution in [0.15, 0.2) is 23.1 Å². The number of hydrogen-bond acceptors (Lipinski definition) is 5. The van der Waals surface area contributed by atoms with Crippen molar-refractivity contribution in [2.45, 2.75) is 26.2 Å². The molecular weight excluding hydrogens is 324 g/mol. The number of hydrogen-bond donors (Lipinski definition) is 0. The number of ether oxygens (including phenoxy) is 1. The Hall–Kier alpha value is -1.95. The Bertz CT molecular complexity index is 681. The van der Waals surface area contributed by atoms with Crippen LogP contribution in [0.4, 0.5) is 10.5 Å². The van der Waals surface area contributed by atoms with Crippen molar-refractivity contribution >= 4 is 34.7 Å². The fourth-order valence-electron chi connectivity index (χ4n) is 3.05. The number of imide groups is 1. The Balaban J connectivity index is 1.86. The lowest BCUT2D eigenvalue weighted by atomic mass is 10.1. The zero-order chi connectivity index (χ0) is 17.1. The van der Waals surface area contributed by atoms with Gasteiger partial charge in [-0.1, -0.05) is 6.92 Å². The van der Waals surface area contributed by atoms with Crippen LogP contribution in [-0.2, 0) is 4.79 Å². The van der Waals surface area contributed by atoms with Gasteiger partial charge in [0.25, 0.3) is 11.1 Å². The summed E-state index contributed by atoms with van der Waals surface area (Å²) in [4.78, 5) is 28.4. The fraction of sp³-hybridized carbons (Fsp3) is 0.444. The van der Waals surface area contributed by atoms with Gasteiger partial charge in [-0.15, -0.1) is 0 Å². The maximum Gasteiger partial charge on any atom is 0.293 e. The van der Waals surface area contributed by atoms with Gasteiger partial charge in [-0.05, 0) is 49.2 Å². The van der Waals surface area contributed by atoms with Crippen molar-refractivity contribution in [2.75, 3.05) is 31.6 Å². The topological polar surface area (TPSA) is 49.9 Å². The van der Waals surface area contributed by atoms with Gasteiger partial charge >= 0.3 is 0 Å². The lowest BCUT2D eigenvalue weighted by Gasteiger charge is -2.19. The van der Waals surface area contributed by atoms with Gasteiger partial charge in [0.1, 0.15) is 5.75 Å². The molecule has 2 aliphatic rings. The molecule has 2 amide bonds. The highest BCUT2D eigenvalue weighted by Gasteiger charge is 2.34. The second kappa shape index (κ2) is 7.30. The summed E-state index contributed by atoms with van der Waals surface area (Å²) in [6, 6.07) is 6.02. The predicted octanol–water partition coefficient (Wildman–Crippen LogP) is 3.74. The largest absolute Gasteiger partial charge is 0.496 e. The molecule has 6 heteroatoms. The van der Waals surface area contributed by atoms with E-state index in [0.717, 1.165) is 48.3 Å². The number of thioether (sulfide) groups is 1. The molecule has 0 N–H and O–H groups in total. The van der Waals surface area contributed by atoms with E-state index in [-0.39, 0.29) is 11.1 Å². The highest BCUT2D eigenvalue weighted by molar-refractivity contribution is 8.18. The third kappa shape index (κ3) is 3.29. The van der Waals surface area contributed by atoms with Crippen molar-refractivity contribution in [3.05, 3.63) is 28.7 Å². The maximum absolute atomic E-state index is 12.4. The van der Waals surface area contributed by atoms with Crippen molar-refractivity contribution in [2.24, 2.45) is 0 Å². The number of carbonyl (C=O) groups is 2. The van der Waals surface area contributed by atoms with Gasteiger partial charge in [-0.2, -0.15) is 0 Å². The number of amides is 2. The summed E-state index contributed by atoms with van der Waals surface area (Å²) < 4.78 is 5.50. The van der Waals surface area contributed by atoms with Gasteiger partial charge in [-0.25, -0.2) is 0 Å². The Morgan fingerprint density at radius 1 is 1.25 bits per heavy atom. The van der Waals surface area contributed by atoms with E-state index in [9.17, 15) is 9.59 Å². The standard InChI is InChI=1S/C18H22N2O3S/c1-3-8-20-17(21)16(24-18(20)22)11-13-6-7-14(12-15(13)23-2)19-9-4-5-10-19/h6-7,11-12H,3-5,8-10H2,1-2H3/b16-11+. The fourth-order valence-corrected chi connectivity index (χ4v) is 3.90. The van der Waals surface area contributed by atoms with E-state index in [2.05, 4.69) is 11.0 Å².